The van der Waals surface area contributed by atoms with Gasteiger partial charge in [0.05, 0.1) is 17.0 Å². The van der Waals surface area contributed by atoms with Crippen LogP contribution in [0.5, 0.6) is 0 Å². The van der Waals surface area contributed by atoms with Crippen molar-refractivity contribution in [1.29, 1.82) is 0 Å². The lowest BCUT2D eigenvalue weighted by atomic mass is 10.1. The molecule has 0 heterocycles. The summed E-state index contributed by atoms with van der Waals surface area (Å²) < 4.78 is 4.95. The van der Waals surface area contributed by atoms with Crippen LogP contribution < -0.4 is 11.1 Å². The number of primary amides is 1. The molecule has 7 nitrogen and oxygen atoms in total. The van der Waals surface area contributed by atoms with Crippen molar-refractivity contribution >= 4 is 41.5 Å². The van der Waals surface area contributed by atoms with Gasteiger partial charge in [0, 0.05) is 10.5 Å². The second-order valence-electron chi connectivity index (χ2n) is 5.12. The first-order chi connectivity index (χ1) is 12.5. The lowest BCUT2D eigenvalue weighted by Crippen LogP contribution is -2.21. The highest BCUT2D eigenvalue weighted by molar-refractivity contribution is 8.00. The third kappa shape index (κ3) is 5.75. The maximum absolute atomic E-state index is 12.0. The molecule has 2 aromatic rings. The van der Waals surface area contributed by atoms with E-state index in [0.29, 0.717) is 22.4 Å². The van der Waals surface area contributed by atoms with E-state index in [1.807, 2.05) is 0 Å². The van der Waals surface area contributed by atoms with Crippen LogP contribution in [-0.4, -0.2) is 36.4 Å². The number of benzene rings is 2. The quantitative estimate of drug-likeness (QED) is 0.415. The minimum atomic E-state index is -0.672. The van der Waals surface area contributed by atoms with Crippen LogP contribution in [0.15, 0.2) is 53.4 Å². The Labute approximate surface area is 153 Å². The Hall–Kier alpha value is -3.13. The Morgan fingerprint density at radius 3 is 2.42 bits per heavy atom. The number of carbonyl (C=O) groups is 4. The van der Waals surface area contributed by atoms with Crippen molar-refractivity contribution in [2.45, 2.75) is 4.90 Å². The molecular formula is C18H16N2O5S. The van der Waals surface area contributed by atoms with Crippen molar-refractivity contribution in [3.8, 4) is 0 Å². The van der Waals surface area contributed by atoms with Crippen LogP contribution in [-0.2, 0) is 14.3 Å². The van der Waals surface area contributed by atoms with Gasteiger partial charge in [-0.1, -0.05) is 24.3 Å². The Kier molecular flexibility index (Phi) is 6.92. The summed E-state index contributed by atoms with van der Waals surface area (Å²) >= 11 is 1.20. The van der Waals surface area contributed by atoms with E-state index in [-0.39, 0.29) is 11.3 Å². The van der Waals surface area contributed by atoms with Gasteiger partial charge in [0.25, 0.3) is 5.91 Å². The summed E-state index contributed by atoms with van der Waals surface area (Å²) in [7, 11) is 0. The van der Waals surface area contributed by atoms with Gasteiger partial charge < -0.3 is 15.8 Å². The molecule has 0 saturated heterocycles. The summed E-state index contributed by atoms with van der Waals surface area (Å²) in [4.78, 5) is 46.1. The number of amides is 2. The fraction of sp³-hybridized carbons (Fsp3) is 0.111. The number of nitrogens with two attached hydrogens (primary N) is 1. The summed E-state index contributed by atoms with van der Waals surface area (Å²) in [6.07, 6.45) is 0.663. The molecule has 2 rings (SSSR count). The van der Waals surface area contributed by atoms with Gasteiger partial charge in [-0.2, -0.15) is 0 Å². The maximum Gasteiger partial charge on any atom is 0.338 e. The number of aldehydes is 1. The number of hydrogen-bond acceptors (Lipinski definition) is 6. The van der Waals surface area contributed by atoms with E-state index in [0.717, 1.165) is 0 Å². The molecule has 0 spiro atoms. The van der Waals surface area contributed by atoms with Crippen molar-refractivity contribution in [1.82, 2.24) is 0 Å². The Balaban J connectivity index is 1.91. The summed E-state index contributed by atoms with van der Waals surface area (Å²) in [5.74, 6) is -1.58. The molecule has 0 atom stereocenters. The fourth-order valence-corrected chi connectivity index (χ4v) is 2.69. The summed E-state index contributed by atoms with van der Waals surface area (Å²) in [5, 5.41) is 2.62. The highest BCUT2D eigenvalue weighted by Gasteiger charge is 2.12. The molecule has 134 valence electrons. The average molecular weight is 372 g/mol. The monoisotopic (exact) mass is 372 g/mol. The average Bonchev–Trinajstić information content (AvgIpc) is 2.65. The zero-order valence-electron chi connectivity index (χ0n) is 13.6. The van der Waals surface area contributed by atoms with E-state index in [2.05, 4.69) is 5.32 Å². The number of carbonyl (C=O) groups excluding carboxylic acids is 4. The minimum Gasteiger partial charge on any atom is -0.452 e. The molecule has 0 aliphatic rings. The zero-order chi connectivity index (χ0) is 18.9. The van der Waals surface area contributed by atoms with Crippen molar-refractivity contribution < 1.29 is 23.9 Å². The molecule has 2 aromatic carbocycles. The van der Waals surface area contributed by atoms with Crippen molar-refractivity contribution in [2.24, 2.45) is 5.73 Å². The predicted molar refractivity (Wildman–Crippen MR) is 97.1 cm³/mol. The Bertz CT molecular complexity index is 821. The molecule has 3 N–H and O–H groups in total. The largest absolute Gasteiger partial charge is 0.452 e. The topological polar surface area (TPSA) is 116 Å². The maximum atomic E-state index is 12.0. The predicted octanol–water partition coefficient (Wildman–Crippen LogP) is 1.87. The van der Waals surface area contributed by atoms with Gasteiger partial charge in [0.1, 0.15) is 6.29 Å². The summed E-state index contributed by atoms with van der Waals surface area (Å²) in [6, 6.07) is 12.8. The minimum absolute atomic E-state index is 0.0820. The highest BCUT2D eigenvalue weighted by Crippen LogP contribution is 2.26. The van der Waals surface area contributed by atoms with Gasteiger partial charge in [0.2, 0.25) is 5.91 Å². The van der Waals surface area contributed by atoms with Gasteiger partial charge in [-0.05, 0) is 24.3 Å². The Morgan fingerprint density at radius 1 is 1.08 bits per heavy atom. The summed E-state index contributed by atoms with van der Waals surface area (Å²) in [5.41, 5.74) is 6.29. The van der Waals surface area contributed by atoms with E-state index in [4.69, 9.17) is 10.5 Å². The molecule has 2 amide bonds. The van der Waals surface area contributed by atoms with Crippen LogP contribution in [0.2, 0.25) is 0 Å². The van der Waals surface area contributed by atoms with Crippen molar-refractivity contribution in [3.05, 3.63) is 59.7 Å². The number of para-hydroxylation sites is 1. The van der Waals surface area contributed by atoms with Crippen LogP contribution >= 0.6 is 11.8 Å². The number of hydrogen-bond donors (Lipinski definition) is 2. The smallest absolute Gasteiger partial charge is 0.338 e. The zero-order valence-corrected chi connectivity index (χ0v) is 14.5. The number of ether oxygens (including phenoxy) is 1. The molecule has 0 aliphatic carbocycles. The number of thioether (sulfide) groups is 1. The van der Waals surface area contributed by atoms with Crippen molar-refractivity contribution in [3.63, 3.8) is 0 Å². The highest BCUT2D eigenvalue weighted by atomic mass is 32.2. The standard InChI is InChI=1S/C18H16N2O5S/c19-16(22)11-26-15-4-2-1-3-14(15)20-17(23)10-25-18(24)13-7-5-12(9-21)6-8-13/h1-9H,10-11H2,(H2,19,22)(H,20,23). The number of rotatable bonds is 8. The van der Waals surface area contributed by atoms with E-state index in [9.17, 15) is 19.2 Å². The number of esters is 1. The molecule has 0 aromatic heterocycles. The molecule has 0 radical (unpaired) electrons. The normalized spacial score (nSPS) is 10.0. The Morgan fingerprint density at radius 2 is 1.77 bits per heavy atom. The van der Waals surface area contributed by atoms with Crippen molar-refractivity contribution in [2.75, 3.05) is 17.7 Å². The second kappa shape index (κ2) is 9.38. The van der Waals surface area contributed by atoms with E-state index < -0.39 is 24.4 Å². The molecule has 0 aliphatic heterocycles. The van der Waals surface area contributed by atoms with Crippen LogP contribution in [0.25, 0.3) is 0 Å². The van der Waals surface area contributed by atoms with Crippen LogP contribution in [0.4, 0.5) is 5.69 Å². The lowest BCUT2D eigenvalue weighted by Gasteiger charge is -2.10. The van der Waals surface area contributed by atoms with Gasteiger partial charge in [0.15, 0.2) is 6.61 Å². The molecule has 0 fully saturated rings. The molecule has 8 heteroatoms. The van der Waals surface area contributed by atoms with Gasteiger partial charge in [-0.15, -0.1) is 11.8 Å². The van der Waals surface area contributed by atoms with Gasteiger partial charge >= 0.3 is 5.97 Å². The number of anilines is 1. The van der Waals surface area contributed by atoms with Crippen LogP contribution in [0.3, 0.4) is 0 Å². The van der Waals surface area contributed by atoms with Crippen LogP contribution in [0, 0.1) is 0 Å². The summed E-state index contributed by atoms with van der Waals surface area (Å²) in [6.45, 7) is -0.469. The lowest BCUT2D eigenvalue weighted by molar-refractivity contribution is -0.119. The second-order valence-corrected chi connectivity index (χ2v) is 6.13. The third-order valence-corrected chi connectivity index (χ3v) is 4.24. The van der Waals surface area contributed by atoms with E-state index in [1.54, 1.807) is 24.3 Å². The first-order valence-electron chi connectivity index (χ1n) is 7.52. The SMILES string of the molecule is NC(=O)CSc1ccccc1NC(=O)COC(=O)c1ccc(C=O)cc1. The number of nitrogens with one attached hydrogen (secondary N) is 1. The molecule has 0 saturated carbocycles. The van der Waals surface area contributed by atoms with Gasteiger partial charge in [-0.25, -0.2) is 4.79 Å². The van der Waals surface area contributed by atoms with E-state index >= 15 is 0 Å². The first kappa shape index (κ1) is 19.2. The van der Waals surface area contributed by atoms with Gasteiger partial charge in [-0.3, -0.25) is 14.4 Å². The van der Waals surface area contributed by atoms with E-state index in [1.165, 1.54) is 36.0 Å². The molecule has 0 bridgehead atoms. The third-order valence-electron chi connectivity index (χ3n) is 3.15. The molecular weight excluding hydrogens is 356 g/mol. The molecule has 0 unspecified atom stereocenters. The fourth-order valence-electron chi connectivity index (χ4n) is 1.94. The van der Waals surface area contributed by atoms with Crippen LogP contribution in [0.1, 0.15) is 20.7 Å². The first-order valence-corrected chi connectivity index (χ1v) is 8.50. The molecule has 26 heavy (non-hydrogen) atoms.